The van der Waals surface area contributed by atoms with Gasteiger partial charge in [-0.2, -0.15) is 0 Å². The fourth-order valence-corrected chi connectivity index (χ4v) is 10.9. The smallest absolute Gasteiger partial charge is 0.409 e. The Morgan fingerprint density at radius 1 is 1.00 bits per heavy atom. The number of fused-ring (bicyclic) bond motifs is 6. The van der Waals surface area contributed by atoms with Crippen LogP contribution in [0, 0.1) is 5.92 Å². The van der Waals surface area contributed by atoms with Crippen LogP contribution in [0.1, 0.15) is 99.0 Å². The van der Waals surface area contributed by atoms with Crippen LogP contribution < -0.4 is 20.3 Å². The van der Waals surface area contributed by atoms with Crippen LogP contribution in [0.3, 0.4) is 0 Å². The Hall–Kier alpha value is -4.55. The van der Waals surface area contributed by atoms with Gasteiger partial charge in [-0.25, -0.2) is 4.79 Å². The van der Waals surface area contributed by atoms with E-state index in [1.165, 1.54) is 12.0 Å². The number of hydrogen-bond donors (Lipinski definition) is 4. The van der Waals surface area contributed by atoms with Gasteiger partial charge in [0.15, 0.2) is 5.72 Å². The summed E-state index contributed by atoms with van der Waals surface area (Å²) < 4.78 is 30.1. The van der Waals surface area contributed by atoms with Crippen molar-refractivity contribution in [2.75, 3.05) is 31.5 Å². The normalized spacial score (nSPS) is 28.1. The van der Waals surface area contributed by atoms with Gasteiger partial charge in [0.05, 0.1) is 25.1 Å². The first-order valence-electron chi connectivity index (χ1n) is 22.0. The van der Waals surface area contributed by atoms with Crippen LogP contribution in [0.15, 0.2) is 60.2 Å². The highest BCUT2D eigenvalue weighted by Gasteiger charge is 2.63. The summed E-state index contributed by atoms with van der Waals surface area (Å²) in [5, 5.41) is 26.7. The fourth-order valence-electron chi connectivity index (χ4n) is 8.41. The topological polar surface area (TPSA) is 199 Å². The average Bonchev–Trinajstić information content (AvgIpc) is 3.23. The number of allylic oxidation sites excluding steroid dienone is 3. The predicted octanol–water partition coefficient (Wildman–Crippen LogP) is 8.22. The lowest BCUT2D eigenvalue weighted by Gasteiger charge is -2.59. The number of esters is 1. The standard InChI is InChI=1S/C48H65N3O12S2/c1-28(2)44(56)61-38-25-41(53)51(8)35-23-32(22-29(3)12-11-13-37(60-10)48(58)26-39(62-45(57)50-48)47(7)27-46(38,6)63-47)24-36(59-9)43(35)33-16-18-34(19-17-33)49-40(52)20-14-30(4)64-65-31(5)15-21-42(54)55/h11-13,16-19,23-24,28,30-31,37-39,58H,14-15,20-22,25-27H2,1-10H3,(H,49,52)(H,50,57)(H,54,55)/b13-11+,29-12+/t30?,31?,37-,38+,39+,46-,47?,48+/m1/s1. The highest BCUT2D eigenvalue weighted by molar-refractivity contribution is 8.77. The number of ether oxygens (including phenoxy) is 5. The third-order valence-electron chi connectivity index (χ3n) is 12.0. The third kappa shape index (κ3) is 13.1. The number of anilines is 2. The van der Waals surface area contributed by atoms with E-state index in [0.717, 1.165) is 16.7 Å². The maximum atomic E-state index is 14.6. The van der Waals surface area contributed by atoms with Crippen LogP contribution >= 0.6 is 21.6 Å². The van der Waals surface area contributed by atoms with E-state index >= 15 is 0 Å². The number of benzene rings is 2. The third-order valence-corrected chi connectivity index (χ3v) is 15.6. The van der Waals surface area contributed by atoms with Gasteiger partial charge in [0.25, 0.3) is 0 Å². The first-order valence-corrected chi connectivity index (χ1v) is 24.3. The Bertz CT molecular complexity index is 2120. The zero-order valence-electron chi connectivity index (χ0n) is 39.1. The van der Waals surface area contributed by atoms with E-state index in [0.29, 0.717) is 48.4 Å². The molecule has 3 amide bonds. The second kappa shape index (κ2) is 21.8. The fraction of sp³-hybridized carbons (Fsp3) is 0.562. The lowest BCUT2D eigenvalue weighted by Crippen LogP contribution is -2.72. The number of nitrogens with one attached hydrogen (secondary N) is 2. The van der Waals surface area contributed by atoms with Gasteiger partial charge >= 0.3 is 18.0 Å². The lowest BCUT2D eigenvalue weighted by atomic mass is 9.72. The molecule has 15 nitrogen and oxygen atoms in total. The number of nitrogens with zero attached hydrogens (tertiary/aromatic N) is 1. The zero-order valence-corrected chi connectivity index (χ0v) is 40.7. The first kappa shape index (κ1) is 51.4. The van der Waals surface area contributed by atoms with Crippen LogP contribution in [0.25, 0.3) is 11.1 Å². The quantitative estimate of drug-likeness (QED) is 0.0984. The molecule has 4 aliphatic rings. The largest absolute Gasteiger partial charge is 0.496 e. The zero-order chi connectivity index (χ0) is 47.9. The van der Waals surface area contributed by atoms with Crippen molar-refractivity contribution in [2.45, 2.75) is 146 Å². The Kier molecular flexibility index (Phi) is 17.3. The number of amides is 3. The van der Waals surface area contributed by atoms with Gasteiger partial charge in [-0.1, -0.05) is 85.2 Å². The summed E-state index contributed by atoms with van der Waals surface area (Å²) in [5.74, 6) is -1.81. The maximum Gasteiger partial charge on any atom is 0.409 e. The minimum absolute atomic E-state index is 0.0755. The number of carbonyl (C=O) groups is 5. The van der Waals surface area contributed by atoms with Gasteiger partial charge in [-0.3, -0.25) is 24.5 Å². The van der Waals surface area contributed by atoms with E-state index in [9.17, 15) is 29.1 Å². The molecule has 2 aromatic carbocycles. The van der Waals surface area contributed by atoms with Gasteiger partial charge in [0, 0.05) is 61.6 Å². The van der Waals surface area contributed by atoms with E-state index < -0.39 is 59.2 Å². The molecular formula is C48H65N3O12S2. The Morgan fingerprint density at radius 2 is 1.65 bits per heavy atom. The second-order valence-corrected chi connectivity index (χ2v) is 21.3. The van der Waals surface area contributed by atoms with Crippen LogP contribution in [-0.2, 0) is 44.5 Å². The first-order chi connectivity index (χ1) is 30.6. The maximum absolute atomic E-state index is 14.6. The molecule has 2 saturated heterocycles. The number of rotatable bonds is 15. The molecule has 0 spiro atoms. The summed E-state index contributed by atoms with van der Waals surface area (Å²) in [6, 6.07) is 11.2. The number of methoxy groups -OCH3 is 2. The SMILES string of the molecule is COc1cc2cc(c1-c1ccc(NC(=O)CCC(C)SSC(C)CCC(=O)O)cc1)N(C)C(=O)C[C@H](OC(=O)C(C)C)[C@@]1(C)CC(C)(O1)[C@@H]1C[C@@](O)(NC(=O)O1)[C@H](OC)/C=C/C=C(\C)C2. The molecule has 0 aliphatic carbocycles. The number of hydrogen-bond acceptors (Lipinski definition) is 13. The lowest BCUT2D eigenvalue weighted by molar-refractivity contribution is -0.328. The van der Waals surface area contributed by atoms with E-state index in [2.05, 4.69) is 17.6 Å². The molecule has 6 rings (SSSR count). The molecule has 2 fully saturated rings. The van der Waals surface area contributed by atoms with Crippen molar-refractivity contribution >= 4 is 62.8 Å². The molecule has 8 atom stereocenters. The molecule has 0 saturated carbocycles. The monoisotopic (exact) mass is 939 g/mol. The van der Waals surface area contributed by atoms with Crippen LogP contribution in [0.5, 0.6) is 5.75 Å². The molecule has 4 N–H and O–H groups in total. The van der Waals surface area contributed by atoms with Crippen molar-refractivity contribution in [1.29, 1.82) is 0 Å². The molecule has 0 aromatic heterocycles. The van der Waals surface area contributed by atoms with E-state index in [4.69, 9.17) is 28.8 Å². The summed E-state index contributed by atoms with van der Waals surface area (Å²) >= 11 is 0. The van der Waals surface area contributed by atoms with Gasteiger partial charge in [-0.05, 0) is 75.4 Å². The number of carboxylic acids is 1. The van der Waals surface area contributed by atoms with Crippen molar-refractivity contribution in [1.82, 2.24) is 5.32 Å². The Labute approximate surface area is 390 Å². The van der Waals surface area contributed by atoms with Gasteiger partial charge in [-0.15, -0.1) is 0 Å². The van der Waals surface area contributed by atoms with Crippen molar-refractivity contribution in [2.24, 2.45) is 5.92 Å². The molecule has 0 radical (unpaired) electrons. The molecule has 2 aromatic rings. The van der Waals surface area contributed by atoms with Gasteiger partial charge in [0.2, 0.25) is 11.8 Å². The van der Waals surface area contributed by atoms with Crippen molar-refractivity contribution < 1.29 is 57.9 Å². The van der Waals surface area contributed by atoms with Crippen LogP contribution in [0.4, 0.5) is 16.2 Å². The van der Waals surface area contributed by atoms with E-state index in [1.807, 2.05) is 44.2 Å². The number of carboxylic acid groups (broad SMARTS) is 1. The van der Waals surface area contributed by atoms with Gasteiger partial charge < -0.3 is 44.1 Å². The highest BCUT2D eigenvalue weighted by atomic mass is 33.1. The van der Waals surface area contributed by atoms with Gasteiger partial charge in [0.1, 0.15) is 35.3 Å². The van der Waals surface area contributed by atoms with Crippen molar-refractivity contribution in [3.63, 3.8) is 0 Å². The average molecular weight is 940 g/mol. The molecule has 3 unspecified atom stereocenters. The predicted molar refractivity (Wildman–Crippen MR) is 253 cm³/mol. The summed E-state index contributed by atoms with van der Waals surface area (Å²) in [7, 11) is 7.97. The summed E-state index contributed by atoms with van der Waals surface area (Å²) in [6.07, 6.45) is 3.58. The molecule has 17 heteroatoms. The molecule has 4 heterocycles. The number of aliphatic hydroxyl groups is 1. The molecule has 4 aliphatic heterocycles. The number of carbonyl (C=O) groups excluding carboxylic acids is 4. The molecule has 6 bridgehead atoms. The summed E-state index contributed by atoms with van der Waals surface area (Å²) in [4.78, 5) is 66.2. The molecular weight excluding hydrogens is 875 g/mol. The Morgan fingerprint density at radius 3 is 2.25 bits per heavy atom. The second-order valence-electron chi connectivity index (χ2n) is 18.1. The summed E-state index contributed by atoms with van der Waals surface area (Å²) in [6.45, 7) is 12.9. The molecule has 65 heavy (non-hydrogen) atoms. The van der Waals surface area contributed by atoms with Crippen molar-refractivity contribution in [3.8, 4) is 16.9 Å². The molecule has 356 valence electrons. The highest BCUT2D eigenvalue weighted by Crippen LogP contribution is 2.51. The van der Waals surface area contributed by atoms with Crippen LogP contribution in [-0.4, -0.2) is 107 Å². The van der Waals surface area contributed by atoms with E-state index in [1.54, 1.807) is 87.7 Å². The minimum atomic E-state index is -1.85. The minimum Gasteiger partial charge on any atom is -0.496 e. The van der Waals surface area contributed by atoms with Crippen molar-refractivity contribution in [3.05, 3.63) is 65.8 Å². The van der Waals surface area contributed by atoms with E-state index in [-0.39, 0.29) is 48.0 Å². The Balaban J connectivity index is 1.46. The summed E-state index contributed by atoms with van der Waals surface area (Å²) in [5.41, 5.74) is 0.124. The number of alkyl carbamates (subject to hydrolysis) is 1. The number of aliphatic carboxylic acids is 1. The van der Waals surface area contributed by atoms with Crippen LogP contribution in [0.2, 0.25) is 0 Å².